The fourth-order valence-corrected chi connectivity index (χ4v) is 3.18. The molecule has 0 fully saturated rings. The quantitative estimate of drug-likeness (QED) is 0.233. The summed E-state index contributed by atoms with van der Waals surface area (Å²) < 4.78 is 64.9. The monoisotopic (exact) mass is 427 g/mol. The third-order valence-electron chi connectivity index (χ3n) is 4.02. The minimum absolute atomic E-state index is 0.171. The van der Waals surface area contributed by atoms with Crippen molar-refractivity contribution in [3.05, 3.63) is 21.4 Å². The molecule has 1 aliphatic rings. The molecule has 0 radical (unpaired) electrons. The number of aromatic nitrogens is 1. The summed E-state index contributed by atoms with van der Waals surface area (Å²) in [5, 5.41) is 24.2. The van der Waals surface area contributed by atoms with Crippen molar-refractivity contribution in [1.29, 1.82) is 0 Å². The number of alkyl halides is 3. The lowest BCUT2D eigenvalue weighted by molar-refractivity contribution is -0.384. The van der Waals surface area contributed by atoms with Crippen LogP contribution in [0.25, 0.3) is 0 Å². The van der Waals surface area contributed by atoms with Gasteiger partial charge in [0.05, 0.1) is 16.2 Å². The predicted molar refractivity (Wildman–Crippen MR) is 92.5 cm³/mol. The number of pyridine rings is 1. The number of anilines is 1. The zero-order valence-electron chi connectivity index (χ0n) is 15.2. The van der Waals surface area contributed by atoms with Gasteiger partial charge in [0.25, 0.3) is 0 Å². The highest BCUT2D eigenvalue weighted by Crippen LogP contribution is 2.42. The maximum absolute atomic E-state index is 12.7. The van der Waals surface area contributed by atoms with E-state index in [2.05, 4.69) is 14.5 Å². The molecule has 28 heavy (non-hydrogen) atoms. The summed E-state index contributed by atoms with van der Waals surface area (Å²) >= 11 is 0. The number of hydrogen-bond acceptors (Lipinski definition) is 8. The lowest BCUT2D eigenvalue weighted by Gasteiger charge is -2.21. The minimum Gasteiger partial charge on any atom is -0.389 e. The van der Waals surface area contributed by atoms with Gasteiger partial charge in [-0.05, 0) is 39.5 Å². The van der Waals surface area contributed by atoms with E-state index in [1.165, 1.54) is 13.8 Å². The van der Waals surface area contributed by atoms with Crippen LogP contribution in [-0.4, -0.2) is 41.1 Å². The Morgan fingerprint density at radius 3 is 2.39 bits per heavy atom. The molecule has 0 spiro atoms. The molecule has 1 aromatic rings. The largest absolute Gasteiger partial charge is 0.534 e. The van der Waals surface area contributed by atoms with E-state index in [1.54, 1.807) is 0 Å². The van der Waals surface area contributed by atoms with E-state index >= 15 is 0 Å². The Labute approximate surface area is 159 Å². The third-order valence-corrected chi connectivity index (χ3v) is 4.96. The Hall–Kier alpha value is -2.15. The highest BCUT2D eigenvalue weighted by Gasteiger charge is 2.50. The molecule has 0 saturated heterocycles. The average molecular weight is 427 g/mol. The summed E-state index contributed by atoms with van der Waals surface area (Å²) in [5.41, 5.74) is -7.63. The summed E-state index contributed by atoms with van der Waals surface area (Å²) in [4.78, 5) is 14.3. The van der Waals surface area contributed by atoms with Crippen LogP contribution in [0.5, 0.6) is 5.88 Å². The maximum atomic E-state index is 12.7. The molecule has 0 aromatic carbocycles. The van der Waals surface area contributed by atoms with E-state index in [0.717, 1.165) is 6.42 Å². The third kappa shape index (κ3) is 5.01. The van der Waals surface area contributed by atoms with Crippen LogP contribution in [0.1, 0.15) is 44.4 Å². The summed E-state index contributed by atoms with van der Waals surface area (Å²) in [6, 6.07) is 0. The van der Waals surface area contributed by atoms with Crippen LogP contribution >= 0.6 is 0 Å². The molecule has 0 saturated carbocycles. The molecule has 2 rings (SSSR count). The average Bonchev–Trinajstić information content (AvgIpc) is 2.74. The van der Waals surface area contributed by atoms with Gasteiger partial charge in [0.1, 0.15) is 5.69 Å². The summed E-state index contributed by atoms with van der Waals surface area (Å²) in [5.74, 6) is -1.25. The molecule has 158 valence electrons. The number of halogens is 3. The second-order valence-corrected chi connectivity index (χ2v) is 8.57. The van der Waals surface area contributed by atoms with Gasteiger partial charge in [-0.2, -0.15) is 21.6 Å². The molecule has 2 N–H and O–H groups in total. The van der Waals surface area contributed by atoms with Gasteiger partial charge in [-0.25, -0.2) is 4.98 Å². The standard InChI is InChI=1S/C15H20F3N3O6S/c1-14(2,22)8-19-11-9-6-4-3-5-7-10(9)20-13(12(11)21(23)24)27-28(25,26)15(16,17)18/h22H,3-8H2,1-2H3,(H,19,20). The zero-order valence-corrected chi connectivity index (χ0v) is 16.0. The van der Waals surface area contributed by atoms with E-state index in [4.69, 9.17) is 0 Å². The van der Waals surface area contributed by atoms with E-state index in [1.807, 2.05) is 0 Å². The molecule has 9 nitrogen and oxygen atoms in total. The van der Waals surface area contributed by atoms with Gasteiger partial charge in [-0.15, -0.1) is 0 Å². The molecule has 0 unspecified atom stereocenters. The molecule has 1 aliphatic carbocycles. The predicted octanol–water partition coefficient (Wildman–Crippen LogP) is 2.67. The number of aliphatic hydroxyl groups is 1. The molecule has 1 heterocycles. The second kappa shape index (κ2) is 7.70. The Balaban J connectivity index is 2.68. The SMILES string of the molecule is CC(C)(O)CNc1c2c(nc(OS(=O)(=O)C(F)(F)F)c1[N+](=O)[O-])CCCCC2. The highest BCUT2D eigenvalue weighted by atomic mass is 32.2. The lowest BCUT2D eigenvalue weighted by Crippen LogP contribution is -2.31. The Kier molecular flexibility index (Phi) is 6.09. The molecule has 0 bridgehead atoms. The van der Waals surface area contributed by atoms with Crippen LogP contribution < -0.4 is 9.50 Å². The number of nitrogens with zero attached hydrogens (tertiary/aromatic N) is 2. The first kappa shape index (κ1) is 22.1. The van der Waals surface area contributed by atoms with Crippen LogP contribution in [0.2, 0.25) is 0 Å². The van der Waals surface area contributed by atoms with Crippen molar-refractivity contribution < 1.29 is 35.8 Å². The van der Waals surface area contributed by atoms with Gasteiger partial charge < -0.3 is 14.6 Å². The normalized spacial score (nSPS) is 15.5. The maximum Gasteiger partial charge on any atom is 0.534 e. The van der Waals surface area contributed by atoms with Crippen molar-refractivity contribution in [3.8, 4) is 5.88 Å². The molecule has 0 amide bonds. The van der Waals surface area contributed by atoms with Crippen LogP contribution in [0.4, 0.5) is 24.5 Å². The first-order valence-electron chi connectivity index (χ1n) is 8.40. The van der Waals surface area contributed by atoms with Crippen LogP contribution in [-0.2, 0) is 23.0 Å². The van der Waals surface area contributed by atoms with Crippen LogP contribution in [0.15, 0.2) is 0 Å². The topological polar surface area (TPSA) is 132 Å². The van der Waals surface area contributed by atoms with Crippen molar-refractivity contribution in [2.24, 2.45) is 0 Å². The molecular weight excluding hydrogens is 407 g/mol. The molecule has 13 heteroatoms. The van der Waals surface area contributed by atoms with Gasteiger partial charge in [0, 0.05) is 12.1 Å². The first-order valence-corrected chi connectivity index (χ1v) is 9.81. The second-order valence-electron chi connectivity index (χ2n) is 7.03. The Bertz CT molecular complexity index is 865. The lowest BCUT2D eigenvalue weighted by atomic mass is 10.0. The fourth-order valence-electron chi connectivity index (χ4n) is 2.76. The number of aryl methyl sites for hydroxylation is 1. The fraction of sp³-hybridized carbons (Fsp3) is 0.667. The van der Waals surface area contributed by atoms with Gasteiger partial charge >= 0.3 is 27.2 Å². The molecule has 0 aliphatic heterocycles. The number of nitrogens with one attached hydrogen (secondary N) is 1. The Morgan fingerprint density at radius 1 is 1.25 bits per heavy atom. The van der Waals surface area contributed by atoms with Gasteiger partial charge in [0.15, 0.2) is 0 Å². The van der Waals surface area contributed by atoms with E-state index < -0.39 is 37.7 Å². The van der Waals surface area contributed by atoms with Crippen LogP contribution in [0, 0.1) is 10.1 Å². The number of hydrogen-bond donors (Lipinski definition) is 2. The smallest absolute Gasteiger partial charge is 0.389 e. The summed E-state index contributed by atoms with van der Waals surface area (Å²) in [6.45, 7) is 2.68. The number of nitro groups is 1. The van der Waals surface area contributed by atoms with Crippen molar-refractivity contribution in [2.75, 3.05) is 11.9 Å². The summed E-state index contributed by atoms with van der Waals surface area (Å²) in [6.07, 6.45) is 2.74. The van der Waals surface area contributed by atoms with Gasteiger partial charge in [-0.3, -0.25) is 10.1 Å². The number of fused-ring (bicyclic) bond motifs is 1. The number of rotatable bonds is 6. The zero-order chi connectivity index (χ0) is 21.3. The molecule has 1 aromatic heterocycles. The van der Waals surface area contributed by atoms with E-state index in [0.29, 0.717) is 31.2 Å². The first-order chi connectivity index (χ1) is 12.7. The van der Waals surface area contributed by atoms with Gasteiger partial charge in [-0.1, -0.05) is 6.42 Å². The minimum atomic E-state index is -6.15. The Morgan fingerprint density at radius 2 is 1.86 bits per heavy atom. The van der Waals surface area contributed by atoms with Crippen molar-refractivity contribution >= 4 is 21.5 Å². The van der Waals surface area contributed by atoms with Gasteiger partial charge in [0.2, 0.25) is 0 Å². The molecular formula is C15H20F3N3O6S. The highest BCUT2D eigenvalue weighted by molar-refractivity contribution is 7.88. The van der Waals surface area contributed by atoms with E-state index in [9.17, 15) is 36.8 Å². The van der Waals surface area contributed by atoms with Crippen LogP contribution in [0.3, 0.4) is 0 Å². The molecule has 0 atom stereocenters. The van der Waals surface area contributed by atoms with Crippen molar-refractivity contribution in [2.45, 2.75) is 57.1 Å². The van der Waals surface area contributed by atoms with Crippen molar-refractivity contribution in [3.63, 3.8) is 0 Å². The van der Waals surface area contributed by atoms with E-state index in [-0.39, 0.29) is 17.9 Å². The van der Waals surface area contributed by atoms with Crippen molar-refractivity contribution in [1.82, 2.24) is 4.98 Å². The summed E-state index contributed by atoms with van der Waals surface area (Å²) in [7, 11) is -6.15.